The number of nitrogens with zero attached hydrogens (tertiary/aromatic N) is 1. The predicted octanol–water partition coefficient (Wildman–Crippen LogP) is 0.891. The predicted molar refractivity (Wildman–Crippen MR) is 44.4 cm³/mol. The summed E-state index contributed by atoms with van der Waals surface area (Å²) in [6.07, 6.45) is 1.88. The second-order valence-corrected chi connectivity index (χ2v) is 2.34. The van der Waals surface area contributed by atoms with Crippen molar-refractivity contribution in [3.05, 3.63) is 0 Å². The molecule has 1 amide bonds. The molecular weight excluding hydrogens is 142 g/mol. The summed E-state index contributed by atoms with van der Waals surface area (Å²) < 4.78 is 5.11. The highest BCUT2D eigenvalue weighted by atomic mass is 16.5. The fourth-order valence-corrected chi connectivity index (χ4v) is 0.831. The Morgan fingerprint density at radius 2 is 2.09 bits per heavy atom. The maximum atomic E-state index is 10.4. The molecule has 0 heterocycles. The standard InChI is InChI=1S/C8H17NO2/c1-3-5-9(8-10)6-7-11-4-2/h8H,3-7H2,1-2H3. The first-order chi connectivity index (χ1) is 5.35. The maximum absolute atomic E-state index is 10.4. The lowest BCUT2D eigenvalue weighted by atomic mass is 10.4. The van der Waals surface area contributed by atoms with Crippen LogP contribution < -0.4 is 0 Å². The number of hydrogen-bond acceptors (Lipinski definition) is 2. The van der Waals surface area contributed by atoms with Gasteiger partial charge < -0.3 is 9.64 Å². The minimum Gasteiger partial charge on any atom is -0.380 e. The van der Waals surface area contributed by atoms with Crippen LogP contribution in [0.4, 0.5) is 0 Å². The molecule has 0 fully saturated rings. The second kappa shape index (κ2) is 7.54. The van der Waals surface area contributed by atoms with Crippen LogP contribution >= 0.6 is 0 Å². The first-order valence-electron chi connectivity index (χ1n) is 4.12. The van der Waals surface area contributed by atoms with Gasteiger partial charge >= 0.3 is 0 Å². The Bertz CT molecular complexity index is 96.1. The first-order valence-corrected chi connectivity index (χ1v) is 4.12. The quantitative estimate of drug-likeness (QED) is 0.408. The second-order valence-electron chi connectivity index (χ2n) is 2.34. The normalized spacial score (nSPS) is 9.64. The summed E-state index contributed by atoms with van der Waals surface area (Å²) in [6.45, 7) is 6.91. The molecule has 0 saturated carbocycles. The fraction of sp³-hybridized carbons (Fsp3) is 0.875. The Hall–Kier alpha value is -0.570. The molecular formula is C8H17NO2. The molecule has 0 saturated heterocycles. The van der Waals surface area contributed by atoms with Crippen molar-refractivity contribution >= 4 is 6.41 Å². The van der Waals surface area contributed by atoms with Crippen molar-refractivity contribution in [2.45, 2.75) is 20.3 Å². The van der Waals surface area contributed by atoms with Gasteiger partial charge in [0.2, 0.25) is 6.41 Å². The lowest BCUT2D eigenvalue weighted by molar-refractivity contribution is -0.118. The van der Waals surface area contributed by atoms with E-state index >= 15 is 0 Å². The van der Waals surface area contributed by atoms with Gasteiger partial charge in [-0.1, -0.05) is 6.92 Å². The summed E-state index contributed by atoms with van der Waals surface area (Å²) in [5.74, 6) is 0. The van der Waals surface area contributed by atoms with E-state index in [0.717, 1.165) is 26.0 Å². The van der Waals surface area contributed by atoms with Gasteiger partial charge in [0, 0.05) is 19.7 Å². The molecule has 0 bridgehead atoms. The van der Waals surface area contributed by atoms with Crippen LogP contribution in [0.15, 0.2) is 0 Å². The summed E-state index contributed by atoms with van der Waals surface area (Å²) in [5.41, 5.74) is 0. The zero-order chi connectivity index (χ0) is 8.53. The van der Waals surface area contributed by atoms with Crippen molar-refractivity contribution in [1.82, 2.24) is 4.90 Å². The van der Waals surface area contributed by atoms with Gasteiger partial charge in [-0.2, -0.15) is 0 Å². The van der Waals surface area contributed by atoms with Crippen LogP contribution in [-0.2, 0) is 9.53 Å². The third kappa shape index (κ3) is 5.85. The molecule has 0 aliphatic rings. The van der Waals surface area contributed by atoms with Crippen LogP contribution in [0.1, 0.15) is 20.3 Å². The smallest absolute Gasteiger partial charge is 0.209 e. The van der Waals surface area contributed by atoms with Gasteiger partial charge in [-0.15, -0.1) is 0 Å². The maximum Gasteiger partial charge on any atom is 0.209 e. The van der Waals surface area contributed by atoms with E-state index in [1.807, 2.05) is 6.92 Å². The van der Waals surface area contributed by atoms with E-state index in [1.54, 1.807) is 4.90 Å². The molecule has 0 spiro atoms. The van der Waals surface area contributed by atoms with Crippen LogP contribution in [0, 0.1) is 0 Å². The molecule has 0 rings (SSSR count). The third-order valence-electron chi connectivity index (χ3n) is 1.39. The van der Waals surface area contributed by atoms with E-state index in [4.69, 9.17) is 4.74 Å². The SMILES string of the molecule is CCCN(C=O)CCOCC. The van der Waals surface area contributed by atoms with E-state index in [9.17, 15) is 4.79 Å². The summed E-state index contributed by atoms with van der Waals surface area (Å²) in [4.78, 5) is 12.1. The van der Waals surface area contributed by atoms with E-state index in [-0.39, 0.29) is 0 Å². The molecule has 0 aliphatic heterocycles. The van der Waals surface area contributed by atoms with Crippen molar-refractivity contribution in [2.75, 3.05) is 26.3 Å². The molecule has 3 heteroatoms. The van der Waals surface area contributed by atoms with Crippen LogP contribution in [-0.4, -0.2) is 37.6 Å². The molecule has 0 aromatic rings. The summed E-state index contributed by atoms with van der Waals surface area (Å²) in [6, 6.07) is 0. The van der Waals surface area contributed by atoms with Crippen molar-refractivity contribution < 1.29 is 9.53 Å². The summed E-state index contributed by atoms with van der Waals surface area (Å²) >= 11 is 0. The molecule has 0 unspecified atom stereocenters. The highest BCUT2D eigenvalue weighted by Crippen LogP contribution is 1.86. The van der Waals surface area contributed by atoms with Gasteiger partial charge in [0.05, 0.1) is 6.61 Å². The highest BCUT2D eigenvalue weighted by molar-refractivity contribution is 5.46. The summed E-state index contributed by atoms with van der Waals surface area (Å²) in [7, 11) is 0. The average Bonchev–Trinajstić information content (AvgIpc) is 2.03. The largest absolute Gasteiger partial charge is 0.380 e. The zero-order valence-corrected chi connectivity index (χ0v) is 7.38. The Morgan fingerprint density at radius 1 is 1.36 bits per heavy atom. The average molecular weight is 159 g/mol. The number of amides is 1. The molecule has 0 aromatic carbocycles. The Kier molecular flexibility index (Phi) is 7.15. The van der Waals surface area contributed by atoms with Gasteiger partial charge in [0.1, 0.15) is 0 Å². The molecule has 3 nitrogen and oxygen atoms in total. The molecule has 0 aromatic heterocycles. The van der Waals surface area contributed by atoms with Gasteiger partial charge in [-0.05, 0) is 13.3 Å². The van der Waals surface area contributed by atoms with Gasteiger partial charge in [0.25, 0.3) is 0 Å². The molecule has 11 heavy (non-hydrogen) atoms. The van der Waals surface area contributed by atoms with Gasteiger partial charge in [-0.25, -0.2) is 0 Å². The molecule has 0 N–H and O–H groups in total. The van der Waals surface area contributed by atoms with E-state index in [2.05, 4.69) is 6.92 Å². The number of rotatable bonds is 7. The van der Waals surface area contributed by atoms with Crippen LogP contribution in [0.25, 0.3) is 0 Å². The highest BCUT2D eigenvalue weighted by Gasteiger charge is 1.97. The topological polar surface area (TPSA) is 29.5 Å². The number of hydrogen-bond donors (Lipinski definition) is 0. The van der Waals surface area contributed by atoms with Crippen molar-refractivity contribution in [3.8, 4) is 0 Å². The molecule has 0 radical (unpaired) electrons. The van der Waals surface area contributed by atoms with E-state index in [1.165, 1.54) is 0 Å². The van der Waals surface area contributed by atoms with Crippen molar-refractivity contribution in [3.63, 3.8) is 0 Å². The Labute approximate surface area is 68.3 Å². The number of carbonyl (C=O) groups is 1. The van der Waals surface area contributed by atoms with Crippen LogP contribution in [0.2, 0.25) is 0 Å². The molecule has 0 aliphatic carbocycles. The van der Waals surface area contributed by atoms with E-state index in [0.29, 0.717) is 13.2 Å². The number of carbonyl (C=O) groups excluding carboxylic acids is 1. The molecule has 66 valence electrons. The summed E-state index contributed by atoms with van der Waals surface area (Å²) in [5, 5.41) is 0. The van der Waals surface area contributed by atoms with Crippen LogP contribution in [0.3, 0.4) is 0 Å². The lowest BCUT2D eigenvalue weighted by Gasteiger charge is -2.15. The Morgan fingerprint density at radius 3 is 2.55 bits per heavy atom. The minimum atomic E-state index is 0.648. The minimum absolute atomic E-state index is 0.648. The van der Waals surface area contributed by atoms with E-state index < -0.39 is 0 Å². The van der Waals surface area contributed by atoms with Crippen molar-refractivity contribution in [1.29, 1.82) is 0 Å². The van der Waals surface area contributed by atoms with Crippen molar-refractivity contribution in [2.24, 2.45) is 0 Å². The molecule has 0 atom stereocenters. The van der Waals surface area contributed by atoms with Crippen LogP contribution in [0.5, 0.6) is 0 Å². The van der Waals surface area contributed by atoms with Gasteiger partial charge in [0.15, 0.2) is 0 Å². The zero-order valence-electron chi connectivity index (χ0n) is 7.38. The number of ether oxygens (including phenoxy) is 1. The first kappa shape index (κ1) is 10.4. The monoisotopic (exact) mass is 159 g/mol. The third-order valence-corrected chi connectivity index (χ3v) is 1.39. The fourth-order valence-electron chi connectivity index (χ4n) is 0.831. The lowest BCUT2D eigenvalue weighted by Crippen LogP contribution is -2.26. The van der Waals surface area contributed by atoms with Gasteiger partial charge in [-0.3, -0.25) is 4.79 Å². The Balaban J connectivity index is 3.28.